The number of hydrogen-bond acceptors (Lipinski definition) is 5. The van der Waals surface area contributed by atoms with Crippen LogP contribution < -0.4 is 0 Å². The molecule has 136 valence electrons. The van der Waals surface area contributed by atoms with Gasteiger partial charge in [0.25, 0.3) is 0 Å². The molecule has 0 fully saturated rings. The first-order valence-electron chi connectivity index (χ1n) is 8.05. The van der Waals surface area contributed by atoms with Crippen LogP contribution in [0.25, 0.3) is 11.4 Å². The van der Waals surface area contributed by atoms with Crippen LogP contribution in [0.2, 0.25) is 0 Å². The lowest BCUT2D eigenvalue weighted by Crippen LogP contribution is -2.08. The number of hydrogen-bond donors (Lipinski definition) is 0. The quantitative estimate of drug-likeness (QED) is 0.581. The van der Waals surface area contributed by atoms with Gasteiger partial charge in [0, 0.05) is 35.9 Å². The number of halogens is 2. The van der Waals surface area contributed by atoms with Crippen LogP contribution in [0.3, 0.4) is 0 Å². The molecule has 1 unspecified atom stereocenters. The van der Waals surface area contributed by atoms with Gasteiger partial charge in [-0.2, -0.15) is 0 Å². The van der Waals surface area contributed by atoms with E-state index in [4.69, 9.17) is 4.74 Å². The highest BCUT2D eigenvalue weighted by atomic mass is 32.2. The van der Waals surface area contributed by atoms with Crippen molar-refractivity contribution in [2.24, 2.45) is 0 Å². The van der Waals surface area contributed by atoms with Crippen LogP contribution in [0.4, 0.5) is 8.78 Å². The standard InChI is InChI=1S/C18H18F2N4OS/c1-12(16-14(19)4-3-5-15(16)20)26-18-23-22-17(24(18)10-11-25-2)13-6-8-21-9-7-13/h3-9,12H,10-11H2,1-2H3. The molecular weight excluding hydrogens is 358 g/mol. The summed E-state index contributed by atoms with van der Waals surface area (Å²) in [5, 5.41) is 8.58. The summed E-state index contributed by atoms with van der Waals surface area (Å²) in [6.45, 7) is 2.73. The van der Waals surface area contributed by atoms with E-state index in [0.29, 0.717) is 24.1 Å². The van der Waals surface area contributed by atoms with Gasteiger partial charge in [0.1, 0.15) is 11.6 Å². The number of rotatable bonds is 7. The molecule has 5 nitrogen and oxygen atoms in total. The molecule has 0 aliphatic rings. The van der Waals surface area contributed by atoms with Gasteiger partial charge in [0.2, 0.25) is 0 Å². The Morgan fingerprint density at radius 3 is 2.46 bits per heavy atom. The molecule has 0 N–H and O–H groups in total. The van der Waals surface area contributed by atoms with Gasteiger partial charge in [0.15, 0.2) is 11.0 Å². The summed E-state index contributed by atoms with van der Waals surface area (Å²) >= 11 is 1.26. The Bertz CT molecular complexity index is 853. The molecule has 2 heterocycles. The highest BCUT2D eigenvalue weighted by Crippen LogP contribution is 2.37. The van der Waals surface area contributed by atoms with E-state index in [9.17, 15) is 8.78 Å². The van der Waals surface area contributed by atoms with Gasteiger partial charge >= 0.3 is 0 Å². The molecule has 1 aromatic carbocycles. The monoisotopic (exact) mass is 376 g/mol. The maximum atomic E-state index is 14.1. The summed E-state index contributed by atoms with van der Waals surface area (Å²) in [6, 6.07) is 7.54. The van der Waals surface area contributed by atoms with Crippen molar-refractivity contribution in [3.63, 3.8) is 0 Å². The molecule has 0 saturated heterocycles. The molecule has 0 amide bonds. The van der Waals surface area contributed by atoms with Crippen LogP contribution in [-0.2, 0) is 11.3 Å². The highest BCUT2D eigenvalue weighted by molar-refractivity contribution is 7.99. The zero-order chi connectivity index (χ0) is 18.5. The first-order valence-corrected chi connectivity index (χ1v) is 8.93. The zero-order valence-corrected chi connectivity index (χ0v) is 15.2. The fourth-order valence-electron chi connectivity index (χ4n) is 2.59. The van der Waals surface area contributed by atoms with Crippen LogP contribution in [0, 0.1) is 11.6 Å². The number of thioether (sulfide) groups is 1. The molecule has 0 spiro atoms. The molecule has 26 heavy (non-hydrogen) atoms. The molecule has 0 radical (unpaired) electrons. The molecule has 1 atom stereocenters. The van der Waals surface area contributed by atoms with E-state index in [1.165, 1.54) is 30.0 Å². The van der Waals surface area contributed by atoms with E-state index in [1.54, 1.807) is 26.4 Å². The van der Waals surface area contributed by atoms with Crippen LogP contribution in [0.15, 0.2) is 47.9 Å². The van der Waals surface area contributed by atoms with Crippen molar-refractivity contribution < 1.29 is 13.5 Å². The summed E-state index contributed by atoms with van der Waals surface area (Å²) in [5.41, 5.74) is 0.893. The Labute approximate surface area is 154 Å². The Morgan fingerprint density at radius 2 is 1.81 bits per heavy atom. The van der Waals surface area contributed by atoms with Crippen molar-refractivity contribution in [3.8, 4) is 11.4 Å². The SMILES string of the molecule is COCCn1c(SC(C)c2c(F)cccc2F)nnc1-c1ccncc1. The van der Waals surface area contributed by atoms with Gasteiger partial charge in [-0.1, -0.05) is 17.8 Å². The third-order valence-electron chi connectivity index (χ3n) is 3.86. The highest BCUT2D eigenvalue weighted by Gasteiger charge is 2.21. The molecule has 0 aliphatic carbocycles. The van der Waals surface area contributed by atoms with Crippen LogP contribution >= 0.6 is 11.8 Å². The minimum absolute atomic E-state index is 0.0317. The molecule has 3 rings (SSSR count). The van der Waals surface area contributed by atoms with Gasteiger partial charge in [-0.15, -0.1) is 10.2 Å². The first kappa shape index (κ1) is 18.5. The molecule has 2 aromatic heterocycles. The molecule has 0 bridgehead atoms. The van der Waals surface area contributed by atoms with Gasteiger partial charge in [-0.25, -0.2) is 8.78 Å². The number of pyridine rings is 1. The third-order valence-corrected chi connectivity index (χ3v) is 4.96. The Hall–Kier alpha value is -2.32. The van der Waals surface area contributed by atoms with Gasteiger partial charge < -0.3 is 4.74 Å². The average Bonchev–Trinajstić information content (AvgIpc) is 3.03. The van der Waals surface area contributed by atoms with E-state index in [1.807, 2.05) is 16.7 Å². The fourth-order valence-corrected chi connectivity index (χ4v) is 3.64. The van der Waals surface area contributed by atoms with Crippen LogP contribution in [-0.4, -0.2) is 33.5 Å². The molecule has 0 aliphatic heterocycles. The minimum atomic E-state index is -0.567. The summed E-state index contributed by atoms with van der Waals surface area (Å²) in [4.78, 5) is 4.01. The van der Waals surface area contributed by atoms with Crippen LogP contribution in [0.1, 0.15) is 17.7 Å². The number of ether oxygens (including phenoxy) is 1. The van der Waals surface area contributed by atoms with Crippen molar-refractivity contribution in [3.05, 3.63) is 59.9 Å². The van der Waals surface area contributed by atoms with E-state index in [0.717, 1.165) is 5.56 Å². The van der Waals surface area contributed by atoms with E-state index in [2.05, 4.69) is 15.2 Å². The number of benzene rings is 1. The third kappa shape index (κ3) is 3.91. The van der Waals surface area contributed by atoms with Crippen molar-refractivity contribution in [1.29, 1.82) is 0 Å². The average molecular weight is 376 g/mol. The summed E-state index contributed by atoms with van der Waals surface area (Å²) < 4.78 is 35.2. The summed E-state index contributed by atoms with van der Waals surface area (Å²) in [6.07, 6.45) is 3.35. The number of aromatic nitrogens is 4. The van der Waals surface area contributed by atoms with E-state index in [-0.39, 0.29) is 5.56 Å². The lowest BCUT2D eigenvalue weighted by molar-refractivity contribution is 0.185. The fraction of sp³-hybridized carbons (Fsp3) is 0.278. The molecule has 3 aromatic rings. The van der Waals surface area contributed by atoms with Crippen molar-refractivity contribution in [2.75, 3.05) is 13.7 Å². The zero-order valence-electron chi connectivity index (χ0n) is 14.4. The van der Waals surface area contributed by atoms with E-state index >= 15 is 0 Å². The predicted molar refractivity (Wildman–Crippen MR) is 95.8 cm³/mol. The topological polar surface area (TPSA) is 52.8 Å². The maximum absolute atomic E-state index is 14.1. The van der Waals surface area contributed by atoms with Gasteiger partial charge in [-0.05, 0) is 31.2 Å². The second kappa shape index (κ2) is 8.37. The number of methoxy groups -OCH3 is 1. The lowest BCUT2D eigenvalue weighted by atomic mass is 10.1. The van der Waals surface area contributed by atoms with E-state index < -0.39 is 16.9 Å². The Balaban J connectivity index is 1.93. The van der Waals surface area contributed by atoms with Crippen LogP contribution in [0.5, 0.6) is 0 Å². The van der Waals surface area contributed by atoms with Crippen molar-refractivity contribution in [2.45, 2.75) is 23.9 Å². The van der Waals surface area contributed by atoms with Crippen molar-refractivity contribution >= 4 is 11.8 Å². The molecule has 8 heteroatoms. The lowest BCUT2D eigenvalue weighted by Gasteiger charge is -2.15. The smallest absolute Gasteiger partial charge is 0.192 e. The predicted octanol–water partition coefficient (Wildman–Crippen LogP) is 4.12. The Kier molecular flexibility index (Phi) is 5.95. The Morgan fingerprint density at radius 1 is 1.12 bits per heavy atom. The normalized spacial score (nSPS) is 12.3. The van der Waals surface area contributed by atoms with Gasteiger partial charge in [-0.3, -0.25) is 9.55 Å². The second-order valence-corrected chi connectivity index (χ2v) is 6.89. The maximum Gasteiger partial charge on any atom is 0.192 e. The summed E-state index contributed by atoms with van der Waals surface area (Å²) in [5.74, 6) is -0.474. The molecule has 0 saturated carbocycles. The number of nitrogens with zero attached hydrogens (tertiary/aromatic N) is 4. The first-order chi connectivity index (χ1) is 12.6. The minimum Gasteiger partial charge on any atom is -0.383 e. The summed E-state index contributed by atoms with van der Waals surface area (Å²) in [7, 11) is 1.61. The van der Waals surface area contributed by atoms with Gasteiger partial charge in [0.05, 0.1) is 13.2 Å². The second-order valence-electron chi connectivity index (χ2n) is 5.58. The largest absolute Gasteiger partial charge is 0.383 e. The van der Waals surface area contributed by atoms with Crippen molar-refractivity contribution in [1.82, 2.24) is 19.7 Å². The molecular formula is C18H18F2N4OS.